The van der Waals surface area contributed by atoms with Gasteiger partial charge in [-0.3, -0.25) is 4.79 Å². The van der Waals surface area contributed by atoms with Crippen LogP contribution < -0.4 is 0 Å². The molecule has 2 aliphatic rings. The van der Waals surface area contributed by atoms with Crippen LogP contribution in [-0.2, 0) is 10.9 Å². The first-order valence-electron chi connectivity index (χ1n) is 9.60. The summed E-state index contributed by atoms with van der Waals surface area (Å²) in [6.07, 6.45) is -2.09. The molecular weight excluding hydrogens is 371 g/mol. The number of alkyl halides is 3. The maximum atomic E-state index is 12.9. The van der Waals surface area contributed by atoms with E-state index in [-0.39, 0.29) is 35.4 Å². The summed E-state index contributed by atoms with van der Waals surface area (Å²) in [4.78, 5) is 27.2. The van der Waals surface area contributed by atoms with Gasteiger partial charge in [-0.25, -0.2) is 4.79 Å². The summed E-state index contributed by atoms with van der Waals surface area (Å²) in [6.45, 7) is 6.82. The lowest BCUT2D eigenvalue weighted by molar-refractivity contribution is -0.138. The summed E-state index contributed by atoms with van der Waals surface area (Å²) >= 11 is 0. The van der Waals surface area contributed by atoms with Crippen LogP contribution in [0.2, 0.25) is 0 Å². The van der Waals surface area contributed by atoms with Gasteiger partial charge in [0.05, 0.1) is 5.56 Å². The average Bonchev–Trinajstić information content (AvgIpc) is 2.81. The number of hydrogen-bond acceptors (Lipinski definition) is 3. The molecule has 2 atom stereocenters. The van der Waals surface area contributed by atoms with Gasteiger partial charge >= 0.3 is 12.3 Å². The molecule has 2 unspecified atom stereocenters. The zero-order valence-electron chi connectivity index (χ0n) is 16.6. The minimum Gasteiger partial charge on any atom is -0.444 e. The van der Waals surface area contributed by atoms with Crippen molar-refractivity contribution < 1.29 is 27.5 Å². The van der Waals surface area contributed by atoms with Crippen molar-refractivity contribution in [3.63, 3.8) is 0 Å². The van der Waals surface area contributed by atoms with E-state index < -0.39 is 17.3 Å². The van der Waals surface area contributed by atoms with Crippen molar-refractivity contribution >= 4 is 11.9 Å². The number of ketones is 1. The molecule has 1 amide bonds. The second kappa shape index (κ2) is 7.08. The number of hydrogen-bond donors (Lipinski definition) is 0. The highest BCUT2D eigenvalue weighted by atomic mass is 19.4. The first kappa shape index (κ1) is 20.7. The van der Waals surface area contributed by atoms with E-state index in [1.807, 2.05) is 20.8 Å². The van der Waals surface area contributed by atoms with Gasteiger partial charge in [0.1, 0.15) is 5.60 Å². The fraction of sp³-hybridized carbons (Fsp3) is 0.619. The predicted molar refractivity (Wildman–Crippen MR) is 98.1 cm³/mol. The van der Waals surface area contributed by atoms with Gasteiger partial charge in [-0.2, -0.15) is 13.2 Å². The third-order valence-electron chi connectivity index (χ3n) is 5.52. The zero-order chi connectivity index (χ0) is 20.9. The van der Waals surface area contributed by atoms with Crippen LogP contribution in [0, 0.1) is 12.8 Å². The second-order valence-electron chi connectivity index (χ2n) is 8.83. The van der Waals surface area contributed by atoms with E-state index in [9.17, 15) is 22.8 Å². The number of ether oxygens (including phenoxy) is 1. The highest BCUT2D eigenvalue weighted by Crippen LogP contribution is 2.41. The number of aryl methyl sites for hydroxylation is 1. The number of rotatable bonds is 2. The average molecular weight is 397 g/mol. The molecule has 0 aromatic heterocycles. The van der Waals surface area contributed by atoms with Crippen molar-refractivity contribution in [1.29, 1.82) is 0 Å². The molecule has 28 heavy (non-hydrogen) atoms. The van der Waals surface area contributed by atoms with Crippen molar-refractivity contribution in [1.82, 2.24) is 4.90 Å². The number of nitrogens with zero attached hydrogens (tertiary/aromatic N) is 1. The van der Waals surface area contributed by atoms with Crippen molar-refractivity contribution in [2.45, 2.75) is 77.2 Å². The van der Waals surface area contributed by atoms with Crippen LogP contribution in [0.25, 0.3) is 0 Å². The van der Waals surface area contributed by atoms with Gasteiger partial charge < -0.3 is 9.64 Å². The van der Waals surface area contributed by atoms with E-state index in [1.54, 1.807) is 4.90 Å². The largest absolute Gasteiger partial charge is 0.444 e. The maximum absolute atomic E-state index is 12.9. The normalized spacial score (nSPS) is 25.0. The lowest BCUT2D eigenvalue weighted by Gasteiger charge is -2.39. The van der Waals surface area contributed by atoms with Gasteiger partial charge in [0.2, 0.25) is 0 Å². The van der Waals surface area contributed by atoms with E-state index >= 15 is 0 Å². The first-order valence-corrected chi connectivity index (χ1v) is 9.60. The molecule has 0 radical (unpaired) electrons. The quantitative estimate of drug-likeness (QED) is 0.630. The molecule has 2 heterocycles. The maximum Gasteiger partial charge on any atom is 0.416 e. The SMILES string of the molecule is Cc1cc(C(=O)C2CC3CCC(C2)N3C(=O)OC(C)(C)C)ccc1C(F)(F)F. The van der Waals surface area contributed by atoms with Gasteiger partial charge in [-0.05, 0) is 71.1 Å². The monoisotopic (exact) mass is 397 g/mol. The molecule has 0 N–H and O–H groups in total. The molecule has 1 aromatic rings. The Morgan fingerprint density at radius 1 is 1.07 bits per heavy atom. The molecule has 3 rings (SSSR count). The van der Waals surface area contributed by atoms with Gasteiger partial charge in [0.25, 0.3) is 0 Å². The number of piperidine rings is 1. The molecule has 0 aliphatic carbocycles. The predicted octanol–water partition coefficient (Wildman–Crippen LogP) is 5.37. The van der Waals surface area contributed by atoms with Crippen LogP contribution in [-0.4, -0.2) is 34.5 Å². The third kappa shape index (κ3) is 4.18. The van der Waals surface area contributed by atoms with Crippen LogP contribution in [0.15, 0.2) is 18.2 Å². The van der Waals surface area contributed by atoms with Crippen LogP contribution >= 0.6 is 0 Å². The minimum absolute atomic E-state index is 0.0486. The van der Waals surface area contributed by atoms with E-state index in [4.69, 9.17) is 4.74 Å². The highest BCUT2D eigenvalue weighted by Gasteiger charge is 2.46. The van der Waals surface area contributed by atoms with Crippen molar-refractivity contribution in [3.05, 3.63) is 34.9 Å². The number of fused-ring (bicyclic) bond motifs is 2. The van der Waals surface area contributed by atoms with Crippen molar-refractivity contribution in [2.24, 2.45) is 5.92 Å². The Balaban J connectivity index is 1.73. The summed E-state index contributed by atoms with van der Waals surface area (Å²) < 4.78 is 44.3. The molecule has 2 aliphatic heterocycles. The van der Waals surface area contributed by atoms with Crippen LogP contribution in [0.3, 0.4) is 0 Å². The first-order chi connectivity index (χ1) is 12.9. The van der Waals surface area contributed by atoms with E-state index in [1.165, 1.54) is 19.1 Å². The number of Topliss-reactive ketones (excluding diaryl/α,β-unsaturated/α-hetero) is 1. The molecule has 154 valence electrons. The standard InChI is InChI=1S/C21H26F3NO3/c1-12-9-13(5-8-17(12)21(22,23)24)18(26)14-10-15-6-7-16(11-14)25(15)19(27)28-20(2,3)4/h5,8-9,14-16H,6-7,10-11H2,1-4H3. The lowest BCUT2D eigenvalue weighted by atomic mass is 9.84. The van der Waals surface area contributed by atoms with Crippen molar-refractivity contribution in [3.8, 4) is 0 Å². The van der Waals surface area contributed by atoms with E-state index in [0.29, 0.717) is 18.4 Å². The van der Waals surface area contributed by atoms with Crippen molar-refractivity contribution in [2.75, 3.05) is 0 Å². The summed E-state index contributed by atoms with van der Waals surface area (Å²) in [6, 6.07) is 3.46. The van der Waals surface area contributed by atoms with Crippen LogP contribution in [0.4, 0.5) is 18.0 Å². The van der Waals surface area contributed by atoms with E-state index in [2.05, 4.69) is 0 Å². The number of halogens is 3. The number of carbonyl (C=O) groups is 2. The Morgan fingerprint density at radius 3 is 2.11 bits per heavy atom. The van der Waals surface area contributed by atoms with Gasteiger partial charge in [-0.1, -0.05) is 6.07 Å². The van der Waals surface area contributed by atoms with Gasteiger partial charge in [0, 0.05) is 23.6 Å². The molecule has 2 saturated heterocycles. The Morgan fingerprint density at radius 2 is 1.64 bits per heavy atom. The number of benzene rings is 1. The van der Waals surface area contributed by atoms with Crippen LogP contribution in [0.5, 0.6) is 0 Å². The van der Waals surface area contributed by atoms with Gasteiger partial charge in [0.15, 0.2) is 5.78 Å². The minimum atomic E-state index is -4.43. The molecular formula is C21H26F3NO3. The van der Waals surface area contributed by atoms with E-state index in [0.717, 1.165) is 18.9 Å². The number of carbonyl (C=O) groups excluding carboxylic acids is 2. The Hall–Kier alpha value is -2.05. The highest BCUT2D eigenvalue weighted by molar-refractivity contribution is 5.98. The molecule has 2 bridgehead atoms. The Kier molecular flexibility index (Phi) is 5.23. The summed E-state index contributed by atoms with van der Waals surface area (Å²) in [5.74, 6) is -0.426. The molecule has 0 saturated carbocycles. The molecule has 2 fully saturated rings. The Labute approximate surface area is 163 Å². The molecule has 4 nitrogen and oxygen atoms in total. The summed E-state index contributed by atoms with van der Waals surface area (Å²) in [5, 5.41) is 0. The zero-order valence-corrected chi connectivity index (χ0v) is 16.6. The lowest BCUT2D eigenvalue weighted by Crippen LogP contribution is -2.49. The van der Waals surface area contributed by atoms with Crippen LogP contribution in [0.1, 0.15) is 67.9 Å². The van der Waals surface area contributed by atoms with Gasteiger partial charge in [-0.15, -0.1) is 0 Å². The smallest absolute Gasteiger partial charge is 0.416 e. The topological polar surface area (TPSA) is 46.6 Å². The molecule has 1 aromatic carbocycles. The second-order valence-corrected chi connectivity index (χ2v) is 8.83. The fourth-order valence-electron chi connectivity index (χ4n) is 4.37. The summed E-state index contributed by atoms with van der Waals surface area (Å²) in [7, 11) is 0. The molecule has 0 spiro atoms. The Bertz CT molecular complexity index is 768. The molecule has 7 heteroatoms. The summed E-state index contributed by atoms with van der Waals surface area (Å²) in [5.41, 5.74) is -0.946. The number of amides is 1. The fourth-order valence-corrected chi connectivity index (χ4v) is 4.37. The third-order valence-corrected chi connectivity index (χ3v) is 5.52.